The highest BCUT2D eigenvalue weighted by molar-refractivity contribution is 6.65. The van der Waals surface area contributed by atoms with E-state index in [0.717, 1.165) is 16.9 Å². The van der Waals surface area contributed by atoms with Crippen molar-refractivity contribution in [2.24, 2.45) is 0 Å². The Labute approximate surface area is 195 Å². The molecule has 0 amide bonds. The van der Waals surface area contributed by atoms with Crippen LogP contribution in [0, 0.1) is 13.8 Å². The number of hydrogen-bond acceptors (Lipinski definition) is 3. The van der Waals surface area contributed by atoms with E-state index in [1.165, 1.54) is 44.2 Å². The molecule has 1 aliphatic carbocycles. The van der Waals surface area contributed by atoms with E-state index in [9.17, 15) is 0 Å². The second kappa shape index (κ2) is 6.79. The largest absolute Gasteiger partial charge is 0.495 e. The first-order valence-electron chi connectivity index (χ1n) is 11.7. The minimum Gasteiger partial charge on any atom is -0.399 e. The number of aromatic nitrogens is 1. The van der Waals surface area contributed by atoms with Crippen molar-refractivity contribution in [3.8, 4) is 33.4 Å². The molecule has 3 nitrogen and oxygen atoms in total. The summed E-state index contributed by atoms with van der Waals surface area (Å²) < 4.78 is 12.8. The van der Waals surface area contributed by atoms with E-state index in [2.05, 4.69) is 107 Å². The summed E-state index contributed by atoms with van der Waals surface area (Å²) in [6.07, 6.45) is 0. The van der Waals surface area contributed by atoms with E-state index >= 15 is 0 Å². The van der Waals surface area contributed by atoms with Crippen molar-refractivity contribution in [2.75, 3.05) is 0 Å². The van der Waals surface area contributed by atoms with Crippen LogP contribution in [0.25, 0.3) is 44.2 Å². The first-order valence-corrected chi connectivity index (χ1v) is 11.7. The number of hydrogen-bond donors (Lipinski definition) is 0. The van der Waals surface area contributed by atoms with E-state index in [1.807, 2.05) is 0 Å². The van der Waals surface area contributed by atoms with Gasteiger partial charge in [0, 0.05) is 11.4 Å². The van der Waals surface area contributed by atoms with Gasteiger partial charge in [0.15, 0.2) is 0 Å². The van der Waals surface area contributed by atoms with Crippen molar-refractivity contribution in [1.29, 1.82) is 0 Å². The minimum atomic E-state index is -0.374. The van der Waals surface area contributed by atoms with E-state index in [1.54, 1.807) is 0 Å². The third-order valence-electron chi connectivity index (χ3n) is 7.60. The van der Waals surface area contributed by atoms with Crippen molar-refractivity contribution < 1.29 is 9.31 Å². The molecule has 2 aliphatic rings. The smallest absolute Gasteiger partial charge is 0.399 e. The summed E-state index contributed by atoms with van der Waals surface area (Å²) in [5.74, 6) is 0. The third kappa shape index (κ3) is 3.01. The summed E-state index contributed by atoms with van der Waals surface area (Å²) >= 11 is 0. The highest BCUT2D eigenvalue weighted by Gasteiger charge is 2.52. The Morgan fingerprint density at radius 2 is 1.30 bits per heavy atom. The number of aryl methyl sites for hydroxylation is 2. The molecule has 0 atom stereocenters. The molecule has 1 saturated heterocycles. The van der Waals surface area contributed by atoms with Gasteiger partial charge in [0.1, 0.15) is 0 Å². The van der Waals surface area contributed by atoms with Crippen LogP contribution in [0.1, 0.15) is 39.1 Å². The molecule has 3 aromatic carbocycles. The Kier molecular flexibility index (Phi) is 4.25. The molecule has 4 heteroatoms. The van der Waals surface area contributed by atoms with E-state index in [4.69, 9.17) is 9.31 Å². The first-order chi connectivity index (χ1) is 15.6. The standard InChI is InChI=1S/C29H28BNO2/c1-17-14-20(15-18(2)31-17)19-10-11-21-22-8-7-9-24-26(13-12-23(27(22)24)25(21)16-19)30-32-28(3,4)29(5,6)33-30/h7-16H,1-6H3. The fourth-order valence-electron chi connectivity index (χ4n) is 5.24. The average molecular weight is 433 g/mol. The van der Waals surface area contributed by atoms with Gasteiger partial charge in [-0.3, -0.25) is 4.98 Å². The molecule has 164 valence electrons. The van der Waals surface area contributed by atoms with Gasteiger partial charge in [0.2, 0.25) is 0 Å². The number of rotatable bonds is 2. The molecule has 0 saturated carbocycles. The van der Waals surface area contributed by atoms with Gasteiger partial charge in [-0.1, -0.05) is 42.5 Å². The molecular weight excluding hydrogens is 405 g/mol. The maximum absolute atomic E-state index is 6.41. The van der Waals surface area contributed by atoms with Crippen LogP contribution in [-0.2, 0) is 9.31 Å². The number of fused-ring (bicyclic) bond motifs is 3. The van der Waals surface area contributed by atoms with Gasteiger partial charge in [-0.25, -0.2) is 0 Å². The molecule has 1 fully saturated rings. The number of pyridine rings is 1. The van der Waals surface area contributed by atoms with Gasteiger partial charge < -0.3 is 9.31 Å². The van der Waals surface area contributed by atoms with Crippen molar-refractivity contribution in [2.45, 2.75) is 52.7 Å². The lowest BCUT2D eigenvalue weighted by Crippen LogP contribution is -2.41. The van der Waals surface area contributed by atoms with Crippen LogP contribution in [0.5, 0.6) is 0 Å². The molecule has 0 radical (unpaired) electrons. The molecule has 0 spiro atoms. The molecule has 0 bridgehead atoms. The zero-order valence-electron chi connectivity index (χ0n) is 20.1. The van der Waals surface area contributed by atoms with Crippen LogP contribution in [0.2, 0.25) is 0 Å². The summed E-state index contributed by atoms with van der Waals surface area (Å²) in [5, 5.41) is 2.50. The maximum Gasteiger partial charge on any atom is 0.495 e. The van der Waals surface area contributed by atoms with Gasteiger partial charge in [-0.05, 0) is 109 Å². The molecule has 0 N–H and O–H groups in total. The topological polar surface area (TPSA) is 31.4 Å². The SMILES string of the molecule is Cc1cc(-c2ccc3c(c2)-c2ccc(B4OC(C)(C)C(C)(C)O4)c4cccc-3c24)cc(C)n1. The monoisotopic (exact) mass is 433 g/mol. The molecule has 1 aromatic heterocycles. The molecular formula is C29H28BNO2. The van der Waals surface area contributed by atoms with E-state index in [0.29, 0.717) is 0 Å². The number of benzene rings is 3. The van der Waals surface area contributed by atoms with Gasteiger partial charge in [0.25, 0.3) is 0 Å². The lowest BCUT2D eigenvalue weighted by molar-refractivity contribution is 0.00578. The molecule has 2 heterocycles. The fourth-order valence-corrected chi connectivity index (χ4v) is 5.24. The Balaban J connectivity index is 1.50. The van der Waals surface area contributed by atoms with Gasteiger partial charge >= 0.3 is 7.12 Å². The molecule has 0 unspecified atom stereocenters. The van der Waals surface area contributed by atoms with Gasteiger partial charge in [-0.15, -0.1) is 0 Å². The average Bonchev–Trinajstić information content (AvgIpc) is 3.18. The molecule has 6 rings (SSSR count). The quantitative estimate of drug-likeness (QED) is 0.299. The van der Waals surface area contributed by atoms with Crippen LogP contribution < -0.4 is 5.46 Å². The Bertz CT molecular complexity index is 1420. The van der Waals surface area contributed by atoms with Crippen LogP contribution in [0.4, 0.5) is 0 Å². The lowest BCUT2D eigenvalue weighted by Gasteiger charge is -2.32. The third-order valence-corrected chi connectivity index (χ3v) is 7.60. The lowest BCUT2D eigenvalue weighted by atomic mass is 9.75. The molecule has 33 heavy (non-hydrogen) atoms. The fraction of sp³-hybridized carbons (Fsp3) is 0.276. The highest BCUT2D eigenvalue weighted by atomic mass is 16.7. The van der Waals surface area contributed by atoms with E-state index in [-0.39, 0.29) is 18.3 Å². The Hall–Kier alpha value is -2.95. The zero-order chi connectivity index (χ0) is 23.1. The van der Waals surface area contributed by atoms with Crippen molar-refractivity contribution in [1.82, 2.24) is 4.98 Å². The van der Waals surface area contributed by atoms with Crippen molar-refractivity contribution in [3.63, 3.8) is 0 Å². The Morgan fingerprint density at radius 1 is 0.667 bits per heavy atom. The van der Waals surface area contributed by atoms with Crippen LogP contribution in [0.15, 0.2) is 60.7 Å². The summed E-state index contributed by atoms with van der Waals surface area (Å²) in [4.78, 5) is 4.54. The molecule has 4 aromatic rings. The van der Waals surface area contributed by atoms with Crippen LogP contribution in [-0.4, -0.2) is 23.3 Å². The normalized spacial score (nSPS) is 17.6. The van der Waals surface area contributed by atoms with Crippen molar-refractivity contribution in [3.05, 3.63) is 72.1 Å². The van der Waals surface area contributed by atoms with Crippen LogP contribution in [0.3, 0.4) is 0 Å². The van der Waals surface area contributed by atoms with E-state index < -0.39 is 0 Å². The van der Waals surface area contributed by atoms with Crippen LogP contribution >= 0.6 is 0 Å². The van der Waals surface area contributed by atoms with Gasteiger partial charge in [-0.2, -0.15) is 0 Å². The predicted octanol–water partition coefficient (Wildman–Crippen LogP) is 6.47. The minimum absolute atomic E-state index is 0.362. The first kappa shape index (κ1) is 20.6. The highest BCUT2D eigenvalue weighted by Crippen LogP contribution is 2.48. The predicted molar refractivity (Wildman–Crippen MR) is 137 cm³/mol. The summed E-state index contributed by atoms with van der Waals surface area (Å²) in [6, 6.07) is 22.1. The number of nitrogens with zero attached hydrogens (tertiary/aromatic N) is 1. The summed E-state index contributed by atoms with van der Waals surface area (Å²) in [6.45, 7) is 12.5. The summed E-state index contributed by atoms with van der Waals surface area (Å²) in [5.41, 5.74) is 10.0. The zero-order valence-corrected chi connectivity index (χ0v) is 20.1. The molecule has 1 aliphatic heterocycles. The second-order valence-electron chi connectivity index (χ2n) is 10.4. The van der Waals surface area contributed by atoms with Crippen molar-refractivity contribution >= 4 is 23.4 Å². The maximum atomic E-state index is 6.41. The van der Waals surface area contributed by atoms with Gasteiger partial charge in [0.05, 0.1) is 11.2 Å². The second-order valence-corrected chi connectivity index (χ2v) is 10.4. The summed E-state index contributed by atoms with van der Waals surface area (Å²) in [7, 11) is -0.374. The Morgan fingerprint density at radius 3 is 2.00 bits per heavy atom.